The van der Waals surface area contributed by atoms with E-state index in [2.05, 4.69) is 4.98 Å². The monoisotopic (exact) mass is 398 g/mol. The maximum absolute atomic E-state index is 13.0. The molecule has 0 aliphatic carbocycles. The Morgan fingerprint density at radius 1 is 1.21 bits per heavy atom. The zero-order valence-corrected chi connectivity index (χ0v) is 15.2. The molecule has 152 valence electrons. The Hall–Kier alpha value is -2.81. The molecule has 0 unspecified atom stereocenters. The predicted octanol–water partition coefficient (Wildman–Crippen LogP) is 3.93. The van der Waals surface area contributed by atoms with Crippen LogP contribution in [-0.2, 0) is 19.3 Å². The van der Waals surface area contributed by atoms with Crippen molar-refractivity contribution in [2.24, 2.45) is 0 Å². The van der Waals surface area contributed by atoms with Crippen LogP contribution < -0.4 is 4.74 Å². The minimum atomic E-state index is -4.68. The number of pyridine rings is 1. The zero-order valence-electron chi connectivity index (χ0n) is 15.2. The number of amides is 1. The van der Waals surface area contributed by atoms with Gasteiger partial charge in [-0.2, -0.15) is 13.2 Å². The van der Waals surface area contributed by atoms with Gasteiger partial charge in [-0.05, 0) is 24.1 Å². The molecule has 1 heterocycles. The van der Waals surface area contributed by atoms with Crippen molar-refractivity contribution in [1.29, 1.82) is 0 Å². The van der Waals surface area contributed by atoms with E-state index >= 15 is 0 Å². The van der Waals surface area contributed by atoms with Crippen LogP contribution >= 0.6 is 0 Å². The van der Waals surface area contributed by atoms with Gasteiger partial charge < -0.3 is 14.9 Å². The minimum Gasteiger partial charge on any atom is -0.487 e. The molecule has 0 saturated carbocycles. The average Bonchev–Trinajstić information content (AvgIpc) is 2.66. The fourth-order valence-corrected chi connectivity index (χ4v) is 2.40. The van der Waals surface area contributed by atoms with Crippen molar-refractivity contribution in [3.05, 3.63) is 59.4 Å². The third kappa shape index (κ3) is 6.12. The van der Waals surface area contributed by atoms with Crippen molar-refractivity contribution >= 4 is 6.09 Å². The van der Waals surface area contributed by atoms with Gasteiger partial charge in [0.25, 0.3) is 0 Å². The molecular weight excluding hydrogens is 377 g/mol. The highest BCUT2D eigenvalue weighted by Crippen LogP contribution is 2.31. The van der Waals surface area contributed by atoms with Crippen LogP contribution in [0.3, 0.4) is 0 Å². The molecule has 2 aromatic rings. The second-order valence-corrected chi connectivity index (χ2v) is 6.14. The molecule has 0 bridgehead atoms. The molecule has 6 nitrogen and oxygen atoms in total. The Kier molecular flexibility index (Phi) is 7.22. The van der Waals surface area contributed by atoms with Gasteiger partial charge in [-0.3, -0.25) is 4.90 Å². The summed E-state index contributed by atoms with van der Waals surface area (Å²) in [5.41, 5.74) is -0.516. The first-order chi connectivity index (χ1) is 13.2. The van der Waals surface area contributed by atoms with Crippen molar-refractivity contribution in [3.63, 3.8) is 0 Å². The van der Waals surface area contributed by atoms with E-state index in [1.54, 1.807) is 31.2 Å². The third-order valence-electron chi connectivity index (χ3n) is 3.97. The van der Waals surface area contributed by atoms with Crippen molar-refractivity contribution in [3.8, 4) is 5.75 Å². The maximum Gasteiger partial charge on any atom is 0.433 e. The minimum absolute atomic E-state index is 0.0501. The van der Waals surface area contributed by atoms with Crippen LogP contribution in [0.2, 0.25) is 0 Å². The Morgan fingerprint density at radius 2 is 1.89 bits per heavy atom. The fourth-order valence-electron chi connectivity index (χ4n) is 2.40. The molecule has 28 heavy (non-hydrogen) atoms. The molecule has 2 rings (SSSR count). The normalized spacial score (nSPS) is 12.5. The Morgan fingerprint density at radius 3 is 2.46 bits per heavy atom. The second-order valence-electron chi connectivity index (χ2n) is 6.14. The highest BCUT2D eigenvalue weighted by atomic mass is 19.4. The number of alkyl halides is 3. The molecule has 1 amide bonds. The van der Waals surface area contributed by atoms with Gasteiger partial charge in [0, 0.05) is 0 Å². The second kappa shape index (κ2) is 9.41. The summed E-state index contributed by atoms with van der Waals surface area (Å²) in [7, 11) is 0. The van der Waals surface area contributed by atoms with E-state index in [1.807, 2.05) is 6.07 Å². The molecule has 0 aliphatic heterocycles. The highest BCUT2D eigenvalue weighted by Gasteiger charge is 2.33. The fraction of sp³-hybridized carbons (Fsp3) is 0.368. The van der Waals surface area contributed by atoms with Crippen LogP contribution in [0.5, 0.6) is 5.75 Å². The number of ether oxygens (including phenoxy) is 1. The summed E-state index contributed by atoms with van der Waals surface area (Å²) in [6.07, 6.45) is -6.68. The van der Waals surface area contributed by atoms with Crippen molar-refractivity contribution in [2.45, 2.75) is 38.8 Å². The van der Waals surface area contributed by atoms with Crippen LogP contribution in [0.4, 0.5) is 18.0 Å². The number of halogens is 3. The highest BCUT2D eigenvalue weighted by molar-refractivity contribution is 5.65. The number of nitrogens with zero attached hydrogens (tertiary/aromatic N) is 2. The number of carbonyl (C=O) groups is 1. The smallest absolute Gasteiger partial charge is 0.433 e. The molecule has 0 spiro atoms. The maximum atomic E-state index is 13.0. The first-order valence-corrected chi connectivity index (χ1v) is 8.60. The van der Waals surface area contributed by atoms with Crippen LogP contribution in [-0.4, -0.2) is 38.8 Å². The number of aromatic nitrogens is 1. The Labute approximate surface area is 160 Å². The van der Waals surface area contributed by atoms with E-state index in [0.29, 0.717) is 6.42 Å². The van der Waals surface area contributed by atoms with Gasteiger partial charge in [-0.1, -0.05) is 37.3 Å². The molecule has 0 radical (unpaired) electrons. The van der Waals surface area contributed by atoms with Crippen molar-refractivity contribution in [2.75, 3.05) is 6.54 Å². The SMILES string of the molecule is CC[C@H](O)CN(Cc1nc(C(F)(F)F)ccc1OCc1ccccc1)C(=O)O. The topological polar surface area (TPSA) is 82.9 Å². The summed E-state index contributed by atoms with van der Waals surface area (Å²) in [5, 5.41) is 19.1. The number of hydrogen-bond donors (Lipinski definition) is 2. The van der Waals surface area contributed by atoms with Gasteiger partial charge in [0.1, 0.15) is 23.7 Å². The van der Waals surface area contributed by atoms with Gasteiger partial charge in [0.2, 0.25) is 0 Å². The lowest BCUT2D eigenvalue weighted by Crippen LogP contribution is -2.36. The predicted molar refractivity (Wildman–Crippen MR) is 94.7 cm³/mol. The van der Waals surface area contributed by atoms with E-state index in [0.717, 1.165) is 22.6 Å². The summed E-state index contributed by atoms with van der Waals surface area (Å²) in [6, 6.07) is 10.9. The number of rotatable bonds is 8. The molecule has 0 aliphatic rings. The summed E-state index contributed by atoms with van der Waals surface area (Å²) >= 11 is 0. The largest absolute Gasteiger partial charge is 0.487 e. The number of aliphatic hydroxyl groups is 1. The van der Waals surface area contributed by atoms with E-state index in [1.165, 1.54) is 0 Å². The van der Waals surface area contributed by atoms with Gasteiger partial charge >= 0.3 is 12.3 Å². The van der Waals surface area contributed by atoms with Crippen molar-refractivity contribution in [1.82, 2.24) is 9.88 Å². The zero-order chi connectivity index (χ0) is 20.7. The lowest BCUT2D eigenvalue weighted by Gasteiger charge is -2.23. The molecule has 1 aromatic heterocycles. The van der Waals surface area contributed by atoms with E-state index in [4.69, 9.17) is 4.74 Å². The third-order valence-corrected chi connectivity index (χ3v) is 3.97. The summed E-state index contributed by atoms with van der Waals surface area (Å²) in [4.78, 5) is 15.8. The van der Waals surface area contributed by atoms with Gasteiger partial charge in [-0.15, -0.1) is 0 Å². The van der Waals surface area contributed by atoms with Crippen LogP contribution in [0.15, 0.2) is 42.5 Å². The van der Waals surface area contributed by atoms with Crippen LogP contribution in [0.1, 0.15) is 30.3 Å². The van der Waals surface area contributed by atoms with Gasteiger partial charge in [0.05, 0.1) is 19.2 Å². The quantitative estimate of drug-likeness (QED) is 0.704. The molecule has 2 N–H and O–H groups in total. The lowest BCUT2D eigenvalue weighted by atomic mass is 10.2. The van der Waals surface area contributed by atoms with E-state index in [9.17, 15) is 28.2 Å². The van der Waals surface area contributed by atoms with E-state index < -0.39 is 30.6 Å². The molecule has 0 fully saturated rings. The molecule has 1 atom stereocenters. The molecule has 1 aromatic carbocycles. The van der Waals surface area contributed by atoms with E-state index in [-0.39, 0.29) is 24.6 Å². The number of aliphatic hydroxyl groups excluding tert-OH is 1. The van der Waals surface area contributed by atoms with Crippen LogP contribution in [0, 0.1) is 0 Å². The Bertz CT molecular complexity index is 784. The number of carboxylic acid groups (broad SMARTS) is 1. The van der Waals surface area contributed by atoms with Crippen molar-refractivity contribution < 1.29 is 32.9 Å². The summed E-state index contributed by atoms with van der Waals surface area (Å²) in [5.74, 6) is 0.0501. The number of benzene rings is 1. The van der Waals surface area contributed by atoms with Gasteiger partial charge in [0.15, 0.2) is 0 Å². The van der Waals surface area contributed by atoms with Crippen LogP contribution in [0.25, 0.3) is 0 Å². The number of hydrogen-bond acceptors (Lipinski definition) is 4. The standard InChI is InChI=1S/C19H21F3N2O4/c1-2-14(25)10-24(18(26)27)11-15-16(8-9-17(23-15)19(20,21)22)28-12-13-6-4-3-5-7-13/h3-9,14,25H,2,10-12H2,1H3,(H,26,27)/t14-/m0/s1. The average molecular weight is 398 g/mol. The first kappa shape index (κ1) is 21.5. The molecular formula is C19H21F3N2O4. The molecule has 0 saturated heterocycles. The van der Waals surface area contributed by atoms with Gasteiger partial charge in [-0.25, -0.2) is 9.78 Å². The first-order valence-electron chi connectivity index (χ1n) is 8.60. The molecule has 9 heteroatoms. The summed E-state index contributed by atoms with van der Waals surface area (Å²) in [6.45, 7) is 1.06. The lowest BCUT2D eigenvalue weighted by molar-refractivity contribution is -0.141. The summed E-state index contributed by atoms with van der Waals surface area (Å²) < 4.78 is 44.7. The Balaban J connectivity index is 2.29.